The van der Waals surface area contributed by atoms with Crippen molar-refractivity contribution in [3.05, 3.63) is 29.8 Å². The Labute approximate surface area is 122 Å². The van der Waals surface area contributed by atoms with Gasteiger partial charge >= 0.3 is 6.03 Å². The first-order chi connectivity index (χ1) is 9.58. The number of hydrogen-bond donors (Lipinski definition) is 2. The third kappa shape index (κ3) is 5.76. The predicted molar refractivity (Wildman–Crippen MR) is 75.9 cm³/mol. The van der Waals surface area contributed by atoms with E-state index in [0.717, 1.165) is 23.1 Å². The van der Waals surface area contributed by atoms with Crippen molar-refractivity contribution >= 4 is 17.6 Å². The molecule has 0 spiro atoms. The van der Waals surface area contributed by atoms with E-state index in [9.17, 15) is 18.4 Å². The molecule has 1 aromatic carbocycles. The van der Waals surface area contributed by atoms with E-state index in [-0.39, 0.29) is 18.1 Å². The summed E-state index contributed by atoms with van der Waals surface area (Å²) in [6, 6.07) is 2.03. The highest BCUT2D eigenvalue weighted by molar-refractivity contribution is 5.92. The van der Waals surface area contributed by atoms with Crippen LogP contribution < -0.4 is 10.6 Å². The number of benzene rings is 1. The smallest absolute Gasteiger partial charge is 0.322 e. The van der Waals surface area contributed by atoms with Crippen LogP contribution in [0, 0.1) is 11.6 Å². The molecular weight excluding hydrogens is 280 g/mol. The van der Waals surface area contributed by atoms with Crippen LogP contribution in [-0.2, 0) is 4.79 Å². The molecular formula is C14H19F2N3O2. The van der Waals surface area contributed by atoms with Gasteiger partial charge in [-0.2, -0.15) is 0 Å². The summed E-state index contributed by atoms with van der Waals surface area (Å²) in [7, 11) is 1.38. The molecule has 0 aromatic heterocycles. The summed E-state index contributed by atoms with van der Waals surface area (Å²) in [5, 5.41) is 4.91. The number of carbonyl (C=O) groups is 2. The van der Waals surface area contributed by atoms with Crippen LogP contribution in [0.1, 0.15) is 20.8 Å². The maximum Gasteiger partial charge on any atom is 0.322 e. The SMILES string of the molecule is CN(CC(=O)NC(C)(C)C)C(=O)Nc1cc(F)ccc1F. The van der Waals surface area contributed by atoms with Gasteiger partial charge in [-0.15, -0.1) is 0 Å². The van der Waals surface area contributed by atoms with Crippen LogP contribution in [0.4, 0.5) is 19.3 Å². The number of hydrogen-bond acceptors (Lipinski definition) is 2. The molecule has 0 saturated heterocycles. The lowest BCUT2D eigenvalue weighted by Crippen LogP contribution is -2.47. The molecule has 0 saturated carbocycles. The van der Waals surface area contributed by atoms with Crippen LogP contribution in [0.5, 0.6) is 0 Å². The minimum atomic E-state index is -0.753. The largest absolute Gasteiger partial charge is 0.350 e. The monoisotopic (exact) mass is 299 g/mol. The molecule has 0 unspecified atom stereocenters. The Morgan fingerprint density at radius 1 is 1.24 bits per heavy atom. The van der Waals surface area contributed by atoms with E-state index in [2.05, 4.69) is 10.6 Å². The Kier molecular flexibility index (Phi) is 5.23. The maximum atomic E-state index is 13.4. The summed E-state index contributed by atoms with van der Waals surface area (Å²) in [6.45, 7) is 5.24. The molecule has 116 valence electrons. The highest BCUT2D eigenvalue weighted by Gasteiger charge is 2.18. The molecule has 1 rings (SSSR count). The molecule has 0 aliphatic carbocycles. The second kappa shape index (κ2) is 6.51. The second-order valence-corrected chi connectivity index (χ2v) is 5.71. The first kappa shape index (κ1) is 16.9. The fraction of sp³-hybridized carbons (Fsp3) is 0.429. The van der Waals surface area contributed by atoms with Gasteiger partial charge in [0.25, 0.3) is 0 Å². The van der Waals surface area contributed by atoms with Gasteiger partial charge in [0.2, 0.25) is 5.91 Å². The molecule has 2 N–H and O–H groups in total. The molecule has 21 heavy (non-hydrogen) atoms. The van der Waals surface area contributed by atoms with E-state index in [1.807, 2.05) is 20.8 Å². The van der Waals surface area contributed by atoms with Gasteiger partial charge in [-0.1, -0.05) is 0 Å². The summed E-state index contributed by atoms with van der Waals surface area (Å²) in [5.74, 6) is -1.77. The van der Waals surface area contributed by atoms with Crippen molar-refractivity contribution in [2.75, 3.05) is 18.9 Å². The average molecular weight is 299 g/mol. The Bertz CT molecular complexity index is 542. The van der Waals surface area contributed by atoms with Crippen molar-refractivity contribution in [2.45, 2.75) is 26.3 Å². The highest BCUT2D eigenvalue weighted by Crippen LogP contribution is 2.15. The number of nitrogens with one attached hydrogen (secondary N) is 2. The highest BCUT2D eigenvalue weighted by atomic mass is 19.1. The maximum absolute atomic E-state index is 13.4. The summed E-state index contributed by atoms with van der Waals surface area (Å²) in [6.07, 6.45) is 0. The van der Waals surface area contributed by atoms with Gasteiger partial charge in [-0.25, -0.2) is 13.6 Å². The minimum absolute atomic E-state index is 0.194. The molecule has 0 atom stereocenters. The van der Waals surface area contributed by atoms with Gasteiger partial charge < -0.3 is 15.5 Å². The predicted octanol–water partition coefficient (Wildman–Crippen LogP) is 2.34. The topological polar surface area (TPSA) is 61.4 Å². The van der Waals surface area contributed by atoms with E-state index in [1.54, 1.807) is 0 Å². The number of halogens is 2. The summed E-state index contributed by atoms with van der Waals surface area (Å²) >= 11 is 0. The van der Waals surface area contributed by atoms with Gasteiger partial charge in [0.1, 0.15) is 18.2 Å². The van der Waals surface area contributed by atoms with Crippen molar-refractivity contribution in [1.29, 1.82) is 0 Å². The van der Waals surface area contributed by atoms with E-state index in [1.165, 1.54) is 7.05 Å². The van der Waals surface area contributed by atoms with E-state index in [4.69, 9.17) is 0 Å². The van der Waals surface area contributed by atoms with Crippen LogP contribution in [0.15, 0.2) is 18.2 Å². The molecule has 0 heterocycles. The Hall–Kier alpha value is -2.18. The molecule has 1 aromatic rings. The van der Waals surface area contributed by atoms with E-state index < -0.39 is 23.2 Å². The van der Waals surface area contributed by atoms with Crippen LogP contribution in [0.3, 0.4) is 0 Å². The molecule has 3 amide bonds. The van der Waals surface area contributed by atoms with Crippen LogP contribution >= 0.6 is 0 Å². The lowest BCUT2D eigenvalue weighted by atomic mass is 10.1. The van der Waals surface area contributed by atoms with E-state index in [0.29, 0.717) is 0 Å². The quantitative estimate of drug-likeness (QED) is 0.900. The minimum Gasteiger partial charge on any atom is -0.350 e. The number of nitrogens with zero attached hydrogens (tertiary/aromatic N) is 1. The number of carbonyl (C=O) groups excluding carboxylic acids is 2. The van der Waals surface area contributed by atoms with Crippen molar-refractivity contribution in [2.24, 2.45) is 0 Å². The molecule has 0 fully saturated rings. The third-order valence-electron chi connectivity index (χ3n) is 2.41. The molecule has 7 heteroatoms. The molecule has 0 aliphatic rings. The standard InChI is InChI=1S/C14H19F2N3O2/c1-14(2,3)18-12(20)8-19(4)13(21)17-11-7-9(15)5-6-10(11)16/h5-7H,8H2,1-4H3,(H,17,21)(H,18,20). The van der Waals surface area contributed by atoms with Crippen molar-refractivity contribution in [1.82, 2.24) is 10.2 Å². The number of anilines is 1. The molecule has 0 bridgehead atoms. The fourth-order valence-electron chi connectivity index (χ4n) is 1.55. The normalized spacial score (nSPS) is 11.0. The first-order valence-corrected chi connectivity index (χ1v) is 6.36. The zero-order valence-electron chi connectivity index (χ0n) is 12.5. The molecule has 5 nitrogen and oxygen atoms in total. The van der Waals surface area contributed by atoms with Gasteiger partial charge in [-0.05, 0) is 32.9 Å². The Morgan fingerprint density at radius 3 is 2.43 bits per heavy atom. The summed E-state index contributed by atoms with van der Waals surface area (Å²) in [4.78, 5) is 24.6. The molecule has 0 radical (unpaired) electrons. The zero-order chi connectivity index (χ0) is 16.2. The van der Waals surface area contributed by atoms with Crippen LogP contribution in [-0.4, -0.2) is 36.0 Å². The third-order valence-corrected chi connectivity index (χ3v) is 2.41. The van der Waals surface area contributed by atoms with Gasteiger partial charge in [0.15, 0.2) is 0 Å². The number of rotatable bonds is 3. The number of likely N-dealkylation sites (N-methyl/N-ethyl adjacent to an activating group) is 1. The number of amides is 3. The summed E-state index contributed by atoms with van der Waals surface area (Å²) in [5.41, 5.74) is -0.689. The van der Waals surface area contributed by atoms with Crippen LogP contribution in [0.25, 0.3) is 0 Å². The van der Waals surface area contributed by atoms with E-state index >= 15 is 0 Å². The number of urea groups is 1. The first-order valence-electron chi connectivity index (χ1n) is 6.36. The van der Waals surface area contributed by atoms with Gasteiger partial charge in [0.05, 0.1) is 5.69 Å². The molecule has 0 aliphatic heterocycles. The Balaban J connectivity index is 2.63. The lowest BCUT2D eigenvalue weighted by molar-refractivity contribution is -0.122. The van der Waals surface area contributed by atoms with Crippen molar-refractivity contribution in [3.8, 4) is 0 Å². The van der Waals surface area contributed by atoms with Gasteiger partial charge in [-0.3, -0.25) is 4.79 Å². The Morgan fingerprint density at radius 2 is 1.86 bits per heavy atom. The van der Waals surface area contributed by atoms with Crippen molar-refractivity contribution < 1.29 is 18.4 Å². The zero-order valence-corrected chi connectivity index (χ0v) is 12.5. The van der Waals surface area contributed by atoms with Crippen molar-refractivity contribution in [3.63, 3.8) is 0 Å². The fourth-order valence-corrected chi connectivity index (χ4v) is 1.55. The second-order valence-electron chi connectivity index (χ2n) is 5.71. The summed E-state index contributed by atoms with van der Waals surface area (Å²) < 4.78 is 26.4. The lowest BCUT2D eigenvalue weighted by Gasteiger charge is -2.23. The average Bonchev–Trinajstić information content (AvgIpc) is 2.31. The van der Waals surface area contributed by atoms with Crippen LogP contribution in [0.2, 0.25) is 0 Å². The van der Waals surface area contributed by atoms with Gasteiger partial charge in [0, 0.05) is 18.7 Å².